The number of nitrogens with zero attached hydrogens (tertiary/aromatic N) is 2. The van der Waals surface area contributed by atoms with Crippen LogP contribution in [0, 0.1) is 0 Å². The monoisotopic (exact) mass is 241 g/mol. The van der Waals surface area contributed by atoms with E-state index >= 15 is 0 Å². The molecule has 90 valence electrons. The first kappa shape index (κ1) is 11.3. The highest BCUT2D eigenvalue weighted by atomic mass is 19.3. The molecule has 2 aromatic heterocycles. The zero-order valence-electron chi connectivity index (χ0n) is 8.64. The van der Waals surface area contributed by atoms with Crippen LogP contribution in [0.2, 0.25) is 0 Å². The van der Waals surface area contributed by atoms with Crippen molar-refractivity contribution in [3.8, 4) is 5.75 Å². The van der Waals surface area contributed by atoms with Gasteiger partial charge in [-0.1, -0.05) is 5.16 Å². The Bertz CT molecular complexity index is 445. The molecule has 0 atom stereocenters. The molecule has 1 N–H and O–H groups in total. The summed E-state index contributed by atoms with van der Waals surface area (Å²) >= 11 is 0. The summed E-state index contributed by atoms with van der Waals surface area (Å²) in [5.41, 5.74) is 0.722. The molecule has 0 aromatic carbocycles. The van der Waals surface area contributed by atoms with Crippen molar-refractivity contribution in [2.45, 2.75) is 13.2 Å². The summed E-state index contributed by atoms with van der Waals surface area (Å²) in [6.45, 7) is -2.40. The number of pyridine rings is 1. The SMILES string of the molecule is FC(F)Oc1ccc(NCc2ccon2)nc1. The van der Waals surface area contributed by atoms with Gasteiger partial charge in [-0.3, -0.25) is 0 Å². The number of anilines is 1. The Kier molecular flexibility index (Phi) is 3.49. The lowest BCUT2D eigenvalue weighted by Gasteiger charge is -2.05. The van der Waals surface area contributed by atoms with Gasteiger partial charge in [0.1, 0.15) is 23.5 Å². The summed E-state index contributed by atoms with van der Waals surface area (Å²) in [6, 6.07) is 4.66. The molecule has 0 unspecified atom stereocenters. The van der Waals surface area contributed by atoms with Crippen LogP contribution in [-0.2, 0) is 6.54 Å². The molecule has 0 fully saturated rings. The van der Waals surface area contributed by atoms with E-state index in [1.165, 1.54) is 24.6 Å². The average Bonchev–Trinajstić information content (AvgIpc) is 2.80. The first-order valence-corrected chi connectivity index (χ1v) is 4.78. The molecule has 0 bridgehead atoms. The van der Waals surface area contributed by atoms with Crippen molar-refractivity contribution in [3.63, 3.8) is 0 Å². The molecule has 2 aromatic rings. The van der Waals surface area contributed by atoms with Gasteiger partial charge in [-0.15, -0.1) is 0 Å². The van der Waals surface area contributed by atoms with Gasteiger partial charge in [0.25, 0.3) is 0 Å². The number of halogens is 2. The first-order chi connectivity index (χ1) is 8.24. The molecule has 2 rings (SSSR count). The van der Waals surface area contributed by atoms with Gasteiger partial charge < -0.3 is 14.6 Å². The number of nitrogens with one attached hydrogen (secondary N) is 1. The Hall–Kier alpha value is -2.18. The maximum absolute atomic E-state index is 11.9. The summed E-state index contributed by atoms with van der Waals surface area (Å²) in [5, 5.41) is 6.65. The largest absolute Gasteiger partial charge is 0.433 e. The van der Waals surface area contributed by atoms with E-state index in [1.54, 1.807) is 6.07 Å². The van der Waals surface area contributed by atoms with Gasteiger partial charge in [-0.05, 0) is 12.1 Å². The Morgan fingerprint density at radius 3 is 2.82 bits per heavy atom. The van der Waals surface area contributed by atoms with Gasteiger partial charge in [-0.25, -0.2) is 4.98 Å². The summed E-state index contributed by atoms with van der Waals surface area (Å²) in [6.07, 6.45) is 2.68. The van der Waals surface area contributed by atoms with Crippen LogP contribution in [0.1, 0.15) is 5.69 Å². The van der Waals surface area contributed by atoms with Crippen LogP contribution in [0.15, 0.2) is 35.2 Å². The molecule has 0 aliphatic rings. The third-order valence-electron chi connectivity index (χ3n) is 1.90. The number of alkyl halides is 2. The van der Waals surface area contributed by atoms with Crippen molar-refractivity contribution in [1.82, 2.24) is 10.1 Å². The van der Waals surface area contributed by atoms with E-state index in [9.17, 15) is 8.78 Å². The Labute approximate surface area is 95.4 Å². The molecule has 0 aliphatic carbocycles. The second kappa shape index (κ2) is 5.24. The van der Waals surface area contributed by atoms with E-state index in [1.807, 2.05) is 0 Å². The Balaban J connectivity index is 1.89. The van der Waals surface area contributed by atoms with Crippen LogP contribution in [0.25, 0.3) is 0 Å². The fourth-order valence-electron chi connectivity index (χ4n) is 1.17. The van der Waals surface area contributed by atoms with Gasteiger partial charge in [0.2, 0.25) is 0 Å². The second-order valence-electron chi connectivity index (χ2n) is 3.10. The maximum atomic E-state index is 11.9. The molecule has 0 spiro atoms. The average molecular weight is 241 g/mol. The van der Waals surface area contributed by atoms with Gasteiger partial charge in [-0.2, -0.15) is 8.78 Å². The quantitative estimate of drug-likeness (QED) is 0.870. The number of hydrogen-bond donors (Lipinski definition) is 1. The molecule has 0 radical (unpaired) electrons. The van der Waals surface area contributed by atoms with Crippen LogP contribution >= 0.6 is 0 Å². The van der Waals surface area contributed by atoms with Crippen LogP contribution in [0.5, 0.6) is 5.75 Å². The topological polar surface area (TPSA) is 60.2 Å². The Morgan fingerprint density at radius 1 is 1.35 bits per heavy atom. The molecular formula is C10H9F2N3O2. The van der Waals surface area contributed by atoms with Gasteiger partial charge >= 0.3 is 6.61 Å². The summed E-state index contributed by atoms with van der Waals surface area (Å²) in [7, 11) is 0. The van der Waals surface area contributed by atoms with Gasteiger partial charge in [0.15, 0.2) is 0 Å². The third kappa shape index (κ3) is 3.40. The highest BCUT2D eigenvalue weighted by molar-refractivity contribution is 5.37. The van der Waals surface area contributed by atoms with Gasteiger partial charge in [0, 0.05) is 6.07 Å². The molecule has 0 saturated carbocycles. The molecule has 0 saturated heterocycles. The maximum Gasteiger partial charge on any atom is 0.387 e. The van der Waals surface area contributed by atoms with Crippen molar-refractivity contribution in [2.75, 3.05) is 5.32 Å². The fraction of sp³-hybridized carbons (Fsp3) is 0.200. The smallest absolute Gasteiger partial charge is 0.387 e. The standard InChI is InChI=1S/C10H9F2N3O2/c11-10(12)17-8-1-2-9(14-6-8)13-5-7-3-4-16-15-7/h1-4,6,10H,5H2,(H,13,14). The molecule has 0 amide bonds. The first-order valence-electron chi connectivity index (χ1n) is 4.78. The fourth-order valence-corrected chi connectivity index (χ4v) is 1.17. The highest BCUT2D eigenvalue weighted by Crippen LogP contribution is 2.14. The van der Waals surface area contributed by atoms with Crippen molar-refractivity contribution in [2.24, 2.45) is 0 Å². The third-order valence-corrected chi connectivity index (χ3v) is 1.90. The summed E-state index contributed by atoms with van der Waals surface area (Å²) in [5.74, 6) is 0.557. The van der Waals surface area contributed by atoms with Crippen molar-refractivity contribution >= 4 is 5.82 Å². The summed E-state index contributed by atoms with van der Waals surface area (Å²) in [4.78, 5) is 3.90. The normalized spacial score (nSPS) is 10.5. The zero-order valence-corrected chi connectivity index (χ0v) is 8.64. The van der Waals surface area contributed by atoms with Crippen LogP contribution in [0.3, 0.4) is 0 Å². The van der Waals surface area contributed by atoms with E-state index in [4.69, 9.17) is 0 Å². The number of hydrogen-bond acceptors (Lipinski definition) is 5. The molecule has 5 nitrogen and oxygen atoms in total. The summed E-state index contributed by atoms with van der Waals surface area (Å²) < 4.78 is 32.6. The lowest BCUT2D eigenvalue weighted by atomic mass is 10.4. The van der Waals surface area contributed by atoms with Crippen molar-refractivity contribution in [3.05, 3.63) is 36.4 Å². The molecule has 7 heteroatoms. The van der Waals surface area contributed by atoms with Crippen molar-refractivity contribution < 1.29 is 18.0 Å². The zero-order chi connectivity index (χ0) is 12.1. The lowest BCUT2D eigenvalue weighted by molar-refractivity contribution is -0.0500. The number of ether oxygens (including phenoxy) is 1. The highest BCUT2D eigenvalue weighted by Gasteiger charge is 2.04. The van der Waals surface area contributed by atoms with Crippen LogP contribution < -0.4 is 10.1 Å². The lowest BCUT2D eigenvalue weighted by Crippen LogP contribution is -2.04. The minimum atomic E-state index is -2.84. The Morgan fingerprint density at radius 2 is 2.24 bits per heavy atom. The minimum Gasteiger partial charge on any atom is -0.433 e. The van der Waals surface area contributed by atoms with Crippen LogP contribution in [0.4, 0.5) is 14.6 Å². The van der Waals surface area contributed by atoms with E-state index in [0.717, 1.165) is 5.69 Å². The number of aromatic nitrogens is 2. The second-order valence-corrected chi connectivity index (χ2v) is 3.10. The van der Waals surface area contributed by atoms with E-state index in [-0.39, 0.29) is 5.75 Å². The predicted octanol–water partition coefficient (Wildman–Crippen LogP) is 2.28. The predicted molar refractivity (Wildman–Crippen MR) is 54.7 cm³/mol. The molecule has 17 heavy (non-hydrogen) atoms. The van der Waals surface area contributed by atoms with E-state index < -0.39 is 6.61 Å². The van der Waals surface area contributed by atoms with E-state index in [0.29, 0.717) is 12.4 Å². The molecule has 0 aliphatic heterocycles. The number of rotatable bonds is 5. The van der Waals surface area contributed by atoms with E-state index in [2.05, 4.69) is 24.7 Å². The minimum absolute atomic E-state index is 0.0204. The van der Waals surface area contributed by atoms with Gasteiger partial charge in [0.05, 0.1) is 12.7 Å². The van der Waals surface area contributed by atoms with Crippen molar-refractivity contribution in [1.29, 1.82) is 0 Å². The van der Waals surface area contributed by atoms with Crippen LogP contribution in [-0.4, -0.2) is 16.8 Å². The molecular weight excluding hydrogens is 232 g/mol. The molecule has 2 heterocycles.